The molecule has 1 atom stereocenters. The van der Waals surface area contributed by atoms with Crippen LogP contribution in [0.15, 0.2) is 42.5 Å². The van der Waals surface area contributed by atoms with Crippen molar-refractivity contribution in [2.45, 2.75) is 33.2 Å². The van der Waals surface area contributed by atoms with Gasteiger partial charge in [-0.25, -0.2) is 4.39 Å². The fourth-order valence-corrected chi connectivity index (χ4v) is 3.34. The van der Waals surface area contributed by atoms with E-state index in [-0.39, 0.29) is 30.0 Å². The van der Waals surface area contributed by atoms with Gasteiger partial charge in [0.15, 0.2) is 0 Å². The van der Waals surface area contributed by atoms with Crippen molar-refractivity contribution in [2.24, 2.45) is 5.92 Å². The van der Waals surface area contributed by atoms with E-state index in [1.165, 1.54) is 12.1 Å². The van der Waals surface area contributed by atoms with Gasteiger partial charge in [-0.05, 0) is 42.2 Å². The van der Waals surface area contributed by atoms with E-state index in [0.29, 0.717) is 13.1 Å². The van der Waals surface area contributed by atoms with Crippen molar-refractivity contribution in [1.29, 1.82) is 0 Å². The van der Waals surface area contributed by atoms with Gasteiger partial charge >= 0.3 is 0 Å². The second-order valence-electron chi connectivity index (χ2n) is 6.75. The van der Waals surface area contributed by atoms with Crippen LogP contribution in [0.25, 0.3) is 0 Å². The monoisotopic (exact) mass is 354 g/mol. The number of rotatable bonds is 5. The molecule has 2 amide bonds. The average Bonchev–Trinajstić information content (AvgIpc) is 2.99. The molecule has 0 bridgehead atoms. The highest BCUT2D eigenvalue weighted by atomic mass is 19.1. The molecule has 3 rings (SSSR count). The molecule has 0 spiro atoms. The predicted molar refractivity (Wildman–Crippen MR) is 99.1 cm³/mol. The third-order valence-corrected chi connectivity index (χ3v) is 4.86. The molecule has 0 radical (unpaired) electrons. The molecule has 0 saturated carbocycles. The molecule has 0 aliphatic carbocycles. The van der Waals surface area contributed by atoms with E-state index >= 15 is 0 Å². The number of para-hydroxylation sites is 1. The van der Waals surface area contributed by atoms with Gasteiger partial charge in [0.1, 0.15) is 5.82 Å². The maximum absolute atomic E-state index is 13.0. The minimum atomic E-state index is -0.368. The van der Waals surface area contributed by atoms with E-state index < -0.39 is 0 Å². The molecule has 0 aromatic heterocycles. The Morgan fingerprint density at radius 2 is 1.96 bits per heavy atom. The summed E-state index contributed by atoms with van der Waals surface area (Å²) in [6, 6.07) is 12.0. The molecule has 1 saturated heterocycles. The highest BCUT2D eigenvalue weighted by Gasteiger charge is 2.34. The summed E-state index contributed by atoms with van der Waals surface area (Å²) in [4.78, 5) is 26.6. The molecular formula is C21H23FN2O2. The summed E-state index contributed by atoms with van der Waals surface area (Å²) in [5, 5.41) is 3.02. The largest absolute Gasteiger partial charge is 0.338 e. The van der Waals surface area contributed by atoms with Crippen LogP contribution in [-0.4, -0.2) is 23.3 Å². The van der Waals surface area contributed by atoms with Crippen LogP contribution in [0.4, 0.5) is 10.1 Å². The summed E-state index contributed by atoms with van der Waals surface area (Å²) in [6.45, 7) is 4.80. The summed E-state index contributed by atoms with van der Waals surface area (Å²) >= 11 is 0. The highest BCUT2D eigenvalue weighted by Crippen LogP contribution is 2.25. The van der Waals surface area contributed by atoms with E-state index in [1.807, 2.05) is 32.0 Å². The number of likely N-dealkylation sites (tertiary alicyclic amines) is 1. The minimum Gasteiger partial charge on any atom is -0.338 e. The highest BCUT2D eigenvalue weighted by molar-refractivity contribution is 5.98. The lowest BCUT2D eigenvalue weighted by atomic mass is 10.0. The normalized spacial score (nSPS) is 16.8. The Morgan fingerprint density at radius 1 is 1.23 bits per heavy atom. The Bertz CT molecular complexity index is 817. The summed E-state index contributed by atoms with van der Waals surface area (Å²) in [5.74, 6) is -0.838. The molecule has 1 heterocycles. The Morgan fingerprint density at radius 3 is 2.65 bits per heavy atom. The van der Waals surface area contributed by atoms with Crippen molar-refractivity contribution in [3.05, 3.63) is 65.0 Å². The molecule has 136 valence electrons. The van der Waals surface area contributed by atoms with Gasteiger partial charge in [-0.3, -0.25) is 9.59 Å². The molecule has 5 heteroatoms. The third kappa shape index (κ3) is 3.93. The number of hydrogen-bond acceptors (Lipinski definition) is 2. The molecule has 2 aromatic rings. The quantitative estimate of drug-likeness (QED) is 0.890. The topological polar surface area (TPSA) is 49.4 Å². The number of carbonyl (C=O) groups excluding carboxylic acids is 2. The van der Waals surface area contributed by atoms with Crippen LogP contribution in [0.5, 0.6) is 0 Å². The zero-order chi connectivity index (χ0) is 18.7. The first-order valence-corrected chi connectivity index (χ1v) is 8.89. The summed E-state index contributed by atoms with van der Waals surface area (Å²) in [6.07, 6.45) is 1.04. The molecular weight excluding hydrogens is 331 g/mol. The number of amides is 2. The average molecular weight is 354 g/mol. The third-order valence-electron chi connectivity index (χ3n) is 4.86. The van der Waals surface area contributed by atoms with Gasteiger partial charge in [0.05, 0.1) is 5.92 Å². The first-order chi connectivity index (χ1) is 12.5. The molecule has 2 aromatic carbocycles. The number of anilines is 1. The smallest absolute Gasteiger partial charge is 0.229 e. The van der Waals surface area contributed by atoms with Crippen LogP contribution in [0.2, 0.25) is 0 Å². The van der Waals surface area contributed by atoms with Crippen molar-refractivity contribution >= 4 is 17.5 Å². The number of halogens is 1. The minimum absolute atomic E-state index is 0.0463. The number of nitrogens with zero attached hydrogens (tertiary/aromatic N) is 1. The predicted octanol–water partition coefficient (Wildman–Crippen LogP) is 3.68. The maximum Gasteiger partial charge on any atom is 0.229 e. The molecule has 1 aliphatic rings. The molecule has 1 unspecified atom stereocenters. The molecule has 1 N–H and O–H groups in total. The second kappa shape index (κ2) is 7.68. The van der Waals surface area contributed by atoms with Gasteiger partial charge in [0.2, 0.25) is 11.8 Å². The zero-order valence-corrected chi connectivity index (χ0v) is 15.1. The van der Waals surface area contributed by atoms with Crippen LogP contribution >= 0.6 is 0 Å². The van der Waals surface area contributed by atoms with Crippen molar-refractivity contribution in [2.75, 3.05) is 11.9 Å². The Kier molecular flexibility index (Phi) is 5.35. The fourth-order valence-electron chi connectivity index (χ4n) is 3.34. The fraction of sp³-hybridized carbons (Fsp3) is 0.333. The Hall–Kier alpha value is -2.69. The number of nitrogens with one attached hydrogen (secondary N) is 1. The first-order valence-electron chi connectivity index (χ1n) is 8.89. The van der Waals surface area contributed by atoms with E-state index in [0.717, 1.165) is 28.8 Å². The van der Waals surface area contributed by atoms with Gasteiger partial charge in [-0.2, -0.15) is 0 Å². The van der Waals surface area contributed by atoms with Gasteiger partial charge in [-0.15, -0.1) is 0 Å². The number of hydrogen-bond donors (Lipinski definition) is 1. The van der Waals surface area contributed by atoms with Gasteiger partial charge in [0, 0.05) is 25.2 Å². The number of carbonyl (C=O) groups is 2. The second-order valence-corrected chi connectivity index (χ2v) is 6.75. The Balaban J connectivity index is 1.66. The Labute approximate surface area is 153 Å². The number of benzene rings is 2. The molecule has 4 nitrogen and oxygen atoms in total. The molecule has 26 heavy (non-hydrogen) atoms. The lowest BCUT2D eigenvalue weighted by Gasteiger charge is -2.18. The lowest BCUT2D eigenvalue weighted by molar-refractivity contribution is -0.128. The lowest BCUT2D eigenvalue weighted by Crippen LogP contribution is -2.28. The summed E-state index contributed by atoms with van der Waals surface area (Å²) in [5.41, 5.74) is 3.81. The van der Waals surface area contributed by atoms with E-state index in [9.17, 15) is 14.0 Å². The first kappa shape index (κ1) is 18.1. The van der Waals surface area contributed by atoms with Gasteiger partial charge in [-0.1, -0.05) is 37.3 Å². The van der Waals surface area contributed by atoms with Crippen LogP contribution < -0.4 is 5.32 Å². The molecule has 1 aliphatic heterocycles. The van der Waals surface area contributed by atoms with Crippen molar-refractivity contribution in [3.8, 4) is 0 Å². The van der Waals surface area contributed by atoms with Gasteiger partial charge < -0.3 is 10.2 Å². The maximum atomic E-state index is 13.0. The van der Waals surface area contributed by atoms with Crippen LogP contribution in [0.1, 0.15) is 30.0 Å². The number of aryl methyl sites for hydroxylation is 2. The SMILES string of the molecule is CCc1cccc(C)c1NC(=O)C1CC(=O)N(Cc2ccc(F)cc2)C1. The van der Waals surface area contributed by atoms with Crippen LogP contribution in [0.3, 0.4) is 0 Å². The standard InChI is InChI=1S/C21H23FN2O2/c1-3-16-6-4-5-14(2)20(16)23-21(26)17-11-19(25)24(13-17)12-15-7-9-18(22)10-8-15/h4-10,17H,3,11-13H2,1-2H3,(H,23,26). The van der Waals surface area contributed by atoms with Crippen LogP contribution in [0, 0.1) is 18.7 Å². The van der Waals surface area contributed by atoms with Crippen LogP contribution in [-0.2, 0) is 22.6 Å². The summed E-state index contributed by atoms with van der Waals surface area (Å²) in [7, 11) is 0. The molecule has 1 fully saturated rings. The van der Waals surface area contributed by atoms with Crippen molar-refractivity contribution in [1.82, 2.24) is 4.90 Å². The summed E-state index contributed by atoms with van der Waals surface area (Å²) < 4.78 is 13.0. The van der Waals surface area contributed by atoms with Crippen molar-refractivity contribution in [3.63, 3.8) is 0 Å². The van der Waals surface area contributed by atoms with E-state index in [1.54, 1.807) is 17.0 Å². The van der Waals surface area contributed by atoms with E-state index in [2.05, 4.69) is 5.32 Å². The van der Waals surface area contributed by atoms with E-state index in [4.69, 9.17) is 0 Å². The van der Waals surface area contributed by atoms with Crippen molar-refractivity contribution < 1.29 is 14.0 Å². The zero-order valence-electron chi connectivity index (χ0n) is 15.1. The van der Waals surface area contributed by atoms with Gasteiger partial charge in [0.25, 0.3) is 0 Å².